The molecule has 0 saturated heterocycles. The van der Waals surface area contributed by atoms with E-state index in [1.54, 1.807) is 0 Å². The third-order valence-corrected chi connectivity index (χ3v) is 4.44. The molecule has 0 aromatic heterocycles. The fraction of sp³-hybridized carbons (Fsp3) is 0.600. The third-order valence-electron chi connectivity index (χ3n) is 4.07. The molecule has 0 spiro atoms. The lowest BCUT2D eigenvalue weighted by Gasteiger charge is -2.33. The lowest BCUT2D eigenvalue weighted by atomic mass is 9.76. The van der Waals surface area contributed by atoms with Gasteiger partial charge in [0.25, 0.3) is 0 Å². The fourth-order valence-electron chi connectivity index (χ4n) is 2.88. The van der Waals surface area contributed by atoms with Crippen molar-refractivity contribution >= 4 is 11.6 Å². The molecule has 0 heterocycles. The largest absolute Gasteiger partial charge is 0.393 e. The first-order valence-corrected chi connectivity index (χ1v) is 7.00. The molecule has 2 heteroatoms. The molecular formula is C15H21ClO. The Hall–Kier alpha value is -0.530. The molecule has 1 aliphatic rings. The molecule has 0 amide bonds. The molecule has 94 valence electrons. The minimum Gasteiger partial charge on any atom is -0.393 e. The van der Waals surface area contributed by atoms with Gasteiger partial charge in [0.1, 0.15) is 0 Å². The van der Waals surface area contributed by atoms with E-state index < -0.39 is 0 Å². The number of hydrogen-bond acceptors (Lipinski definition) is 1. The SMILES string of the molecule is CCC1CCC(O)C(Cc2ccccc2Cl)C1. The van der Waals surface area contributed by atoms with Crippen molar-refractivity contribution in [2.24, 2.45) is 11.8 Å². The van der Waals surface area contributed by atoms with Gasteiger partial charge in [-0.05, 0) is 49.1 Å². The van der Waals surface area contributed by atoms with Crippen LogP contribution >= 0.6 is 11.6 Å². The van der Waals surface area contributed by atoms with Gasteiger partial charge in [0.2, 0.25) is 0 Å². The van der Waals surface area contributed by atoms with Crippen molar-refractivity contribution in [3.05, 3.63) is 34.9 Å². The Kier molecular flexibility index (Phi) is 4.47. The van der Waals surface area contributed by atoms with Crippen LogP contribution in [-0.2, 0) is 6.42 Å². The summed E-state index contributed by atoms with van der Waals surface area (Å²) in [6.07, 6.45) is 5.27. The van der Waals surface area contributed by atoms with Crippen molar-refractivity contribution in [1.82, 2.24) is 0 Å². The summed E-state index contributed by atoms with van der Waals surface area (Å²) in [6.45, 7) is 2.24. The molecule has 1 fully saturated rings. The highest BCUT2D eigenvalue weighted by atomic mass is 35.5. The molecule has 1 aromatic rings. The molecule has 1 saturated carbocycles. The number of aliphatic hydroxyl groups is 1. The molecule has 3 unspecified atom stereocenters. The maximum absolute atomic E-state index is 10.1. The summed E-state index contributed by atoms with van der Waals surface area (Å²) in [5.41, 5.74) is 1.18. The predicted octanol–water partition coefficient (Wildman–Crippen LogP) is 4.07. The second-order valence-electron chi connectivity index (χ2n) is 5.21. The van der Waals surface area contributed by atoms with E-state index in [-0.39, 0.29) is 6.10 Å². The van der Waals surface area contributed by atoms with E-state index in [4.69, 9.17) is 11.6 Å². The van der Waals surface area contributed by atoms with Gasteiger partial charge in [-0.3, -0.25) is 0 Å². The Morgan fingerprint density at radius 3 is 2.76 bits per heavy atom. The highest BCUT2D eigenvalue weighted by Gasteiger charge is 2.28. The minimum atomic E-state index is -0.144. The molecule has 1 nitrogen and oxygen atoms in total. The number of aliphatic hydroxyl groups excluding tert-OH is 1. The first kappa shape index (κ1) is 12.9. The van der Waals surface area contributed by atoms with E-state index in [0.29, 0.717) is 5.92 Å². The van der Waals surface area contributed by atoms with E-state index in [0.717, 1.165) is 30.2 Å². The maximum atomic E-state index is 10.1. The summed E-state index contributed by atoms with van der Waals surface area (Å²) in [5, 5.41) is 10.9. The highest BCUT2D eigenvalue weighted by molar-refractivity contribution is 6.31. The quantitative estimate of drug-likeness (QED) is 0.860. The zero-order valence-corrected chi connectivity index (χ0v) is 11.2. The summed E-state index contributed by atoms with van der Waals surface area (Å²) in [6, 6.07) is 7.99. The zero-order valence-electron chi connectivity index (χ0n) is 10.4. The van der Waals surface area contributed by atoms with Crippen molar-refractivity contribution in [2.75, 3.05) is 0 Å². The summed E-state index contributed by atoms with van der Waals surface area (Å²) in [7, 11) is 0. The Bertz CT molecular complexity index is 364. The molecule has 17 heavy (non-hydrogen) atoms. The molecule has 0 radical (unpaired) electrons. The van der Waals surface area contributed by atoms with E-state index in [2.05, 4.69) is 13.0 Å². The summed E-state index contributed by atoms with van der Waals surface area (Å²) in [5.74, 6) is 1.17. The standard InChI is InChI=1S/C15H21ClO/c1-2-11-7-8-15(17)13(9-11)10-12-5-3-4-6-14(12)16/h3-6,11,13,15,17H,2,7-10H2,1H3. The number of hydrogen-bond donors (Lipinski definition) is 1. The van der Waals surface area contributed by atoms with Crippen LogP contribution in [0, 0.1) is 11.8 Å². The molecule has 1 N–H and O–H groups in total. The number of rotatable bonds is 3. The van der Waals surface area contributed by atoms with Crippen LogP contribution in [0.15, 0.2) is 24.3 Å². The van der Waals surface area contributed by atoms with Gasteiger partial charge in [-0.25, -0.2) is 0 Å². The lowest BCUT2D eigenvalue weighted by Crippen LogP contribution is -2.30. The van der Waals surface area contributed by atoms with Gasteiger partial charge in [0.05, 0.1) is 6.10 Å². The van der Waals surface area contributed by atoms with Crippen LogP contribution in [0.2, 0.25) is 5.02 Å². The second-order valence-corrected chi connectivity index (χ2v) is 5.62. The van der Waals surface area contributed by atoms with Gasteiger partial charge < -0.3 is 5.11 Å². The summed E-state index contributed by atoms with van der Waals surface area (Å²) >= 11 is 6.18. The van der Waals surface area contributed by atoms with Crippen molar-refractivity contribution in [3.63, 3.8) is 0 Å². The van der Waals surface area contributed by atoms with E-state index in [1.807, 2.05) is 18.2 Å². The predicted molar refractivity (Wildman–Crippen MR) is 72.3 cm³/mol. The van der Waals surface area contributed by atoms with E-state index in [9.17, 15) is 5.11 Å². The smallest absolute Gasteiger partial charge is 0.0571 e. The Morgan fingerprint density at radius 2 is 2.06 bits per heavy atom. The van der Waals surface area contributed by atoms with Crippen molar-refractivity contribution < 1.29 is 5.11 Å². The Balaban J connectivity index is 2.04. The van der Waals surface area contributed by atoms with Gasteiger partial charge in [0.15, 0.2) is 0 Å². The van der Waals surface area contributed by atoms with Crippen LogP contribution in [0.4, 0.5) is 0 Å². The molecule has 0 aliphatic heterocycles. The average molecular weight is 253 g/mol. The highest BCUT2D eigenvalue weighted by Crippen LogP contribution is 2.34. The van der Waals surface area contributed by atoms with Gasteiger partial charge in [-0.2, -0.15) is 0 Å². The van der Waals surface area contributed by atoms with Gasteiger partial charge in [-0.15, -0.1) is 0 Å². The normalized spacial score (nSPS) is 29.2. The van der Waals surface area contributed by atoms with Crippen LogP contribution in [0.1, 0.15) is 38.2 Å². The topological polar surface area (TPSA) is 20.2 Å². The zero-order chi connectivity index (χ0) is 12.3. The van der Waals surface area contributed by atoms with Crippen LogP contribution in [0.25, 0.3) is 0 Å². The molecule has 0 bridgehead atoms. The minimum absolute atomic E-state index is 0.144. The summed E-state index contributed by atoms with van der Waals surface area (Å²) in [4.78, 5) is 0. The maximum Gasteiger partial charge on any atom is 0.0571 e. The van der Waals surface area contributed by atoms with Crippen molar-refractivity contribution in [2.45, 2.75) is 45.1 Å². The van der Waals surface area contributed by atoms with Crippen LogP contribution < -0.4 is 0 Å². The van der Waals surface area contributed by atoms with Gasteiger partial charge in [0, 0.05) is 5.02 Å². The molecule has 3 atom stereocenters. The first-order valence-electron chi connectivity index (χ1n) is 6.62. The monoisotopic (exact) mass is 252 g/mol. The third kappa shape index (κ3) is 3.23. The molecule has 1 aromatic carbocycles. The van der Waals surface area contributed by atoms with Crippen LogP contribution in [0.5, 0.6) is 0 Å². The summed E-state index contributed by atoms with van der Waals surface area (Å²) < 4.78 is 0. The van der Waals surface area contributed by atoms with Gasteiger partial charge in [-0.1, -0.05) is 43.1 Å². The fourth-order valence-corrected chi connectivity index (χ4v) is 3.09. The molecular weight excluding hydrogens is 232 g/mol. The second kappa shape index (κ2) is 5.88. The van der Waals surface area contributed by atoms with Gasteiger partial charge >= 0.3 is 0 Å². The van der Waals surface area contributed by atoms with Crippen LogP contribution in [0.3, 0.4) is 0 Å². The van der Waals surface area contributed by atoms with E-state index >= 15 is 0 Å². The average Bonchev–Trinajstić information content (AvgIpc) is 2.35. The lowest BCUT2D eigenvalue weighted by molar-refractivity contribution is 0.0475. The van der Waals surface area contributed by atoms with Crippen molar-refractivity contribution in [3.8, 4) is 0 Å². The number of halogens is 1. The van der Waals surface area contributed by atoms with E-state index in [1.165, 1.54) is 18.4 Å². The first-order chi connectivity index (χ1) is 8.20. The van der Waals surface area contributed by atoms with Crippen molar-refractivity contribution in [1.29, 1.82) is 0 Å². The van der Waals surface area contributed by atoms with Crippen LogP contribution in [-0.4, -0.2) is 11.2 Å². The molecule has 2 rings (SSSR count). The Morgan fingerprint density at radius 1 is 1.29 bits per heavy atom. The Labute approximate surface area is 109 Å². The number of benzene rings is 1. The molecule has 1 aliphatic carbocycles.